The average Bonchev–Trinajstić information content (AvgIpc) is 2.81. The minimum atomic E-state index is 0.240. The standard InChI is InChI=1S/C12H15N3S/c1-2-10(12-14-7-8-16-12)15-11-6-4-3-5-9(11)13/h3-8,10,15H,2,13H2,1H3. The van der Waals surface area contributed by atoms with Crippen LogP contribution in [0.15, 0.2) is 35.8 Å². The van der Waals surface area contributed by atoms with Crippen LogP contribution in [0.25, 0.3) is 0 Å². The van der Waals surface area contributed by atoms with E-state index in [4.69, 9.17) is 5.73 Å². The van der Waals surface area contributed by atoms with E-state index in [1.165, 1.54) is 0 Å². The molecule has 3 N–H and O–H groups in total. The summed E-state index contributed by atoms with van der Waals surface area (Å²) in [5.41, 5.74) is 7.65. The second kappa shape index (κ2) is 4.99. The van der Waals surface area contributed by atoms with Crippen LogP contribution in [-0.4, -0.2) is 4.98 Å². The Morgan fingerprint density at radius 3 is 2.88 bits per heavy atom. The minimum absolute atomic E-state index is 0.240. The van der Waals surface area contributed by atoms with Crippen LogP contribution in [0.3, 0.4) is 0 Å². The smallest absolute Gasteiger partial charge is 0.115 e. The molecular formula is C12H15N3S. The van der Waals surface area contributed by atoms with Gasteiger partial charge in [-0.3, -0.25) is 0 Å². The van der Waals surface area contributed by atoms with Crippen LogP contribution in [0, 0.1) is 0 Å². The number of anilines is 2. The highest BCUT2D eigenvalue weighted by Gasteiger charge is 2.12. The lowest BCUT2D eigenvalue weighted by atomic mass is 10.2. The average molecular weight is 233 g/mol. The zero-order valence-corrected chi connectivity index (χ0v) is 10.00. The molecule has 0 aliphatic heterocycles. The van der Waals surface area contributed by atoms with E-state index in [1.54, 1.807) is 11.3 Å². The van der Waals surface area contributed by atoms with E-state index < -0.39 is 0 Å². The van der Waals surface area contributed by atoms with Crippen molar-refractivity contribution in [1.29, 1.82) is 0 Å². The highest BCUT2D eigenvalue weighted by Crippen LogP contribution is 2.26. The fraction of sp³-hybridized carbons (Fsp3) is 0.250. The molecule has 0 fully saturated rings. The Balaban J connectivity index is 2.17. The lowest BCUT2D eigenvalue weighted by molar-refractivity contribution is 0.742. The molecule has 16 heavy (non-hydrogen) atoms. The summed E-state index contributed by atoms with van der Waals surface area (Å²) in [5.74, 6) is 0. The van der Waals surface area contributed by atoms with Gasteiger partial charge in [0.05, 0.1) is 17.4 Å². The minimum Gasteiger partial charge on any atom is -0.397 e. The van der Waals surface area contributed by atoms with Crippen LogP contribution >= 0.6 is 11.3 Å². The lowest BCUT2D eigenvalue weighted by Gasteiger charge is -2.17. The third kappa shape index (κ3) is 2.33. The van der Waals surface area contributed by atoms with Gasteiger partial charge in [0.2, 0.25) is 0 Å². The molecule has 1 atom stereocenters. The Morgan fingerprint density at radius 1 is 1.44 bits per heavy atom. The van der Waals surface area contributed by atoms with Gasteiger partial charge in [-0.05, 0) is 18.6 Å². The first kappa shape index (κ1) is 11.0. The molecule has 1 aromatic carbocycles. The lowest BCUT2D eigenvalue weighted by Crippen LogP contribution is -2.10. The summed E-state index contributed by atoms with van der Waals surface area (Å²) in [7, 11) is 0. The molecule has 3 nitrogen and oxygen atoms in total. The number of nitrogens with one attached hydrogen (secondary N) is 1. The van der Waals surface area contributed by atoms with Gasteiger partial charge in [0, 0.05) is 11.6 Å². The van der Waals surface area contributed by atoms with Crippen LogP contribution in [0.1, 0.15) is 24.4 Å². The van der Waals surface area contributed by atoms with Crippen molar-refractivity contribution in [2.75, 3.05) is 11.1 Å². The van der Waals surface area contributed by atoms with Gasteiger partial charge >= 0.3 is 0 Å². The number of hydrogen-bond acceptors (Lipinski definition) is 4. The van der Waals surface area contributed by atoms with Crippen molar-refractivity contribution in [3.63, 3.8) is 0 Å². The molecule has 0 bridgehead atoms. The molecule has 1 unspecified atom stereocenters. The molecule has 84 valence electrons. The fourth-order valence-corrected chi connectivity index (χ4v) is 2.33. The number of nitrogen functional groups attached to an aromatic ring is 1. The largest absolute Gasteiger partial charge is 0.397 e. The van der Waals surface area contributed by atoms with Crippen molar-refractivity contribution >= 4 is 22.7 Å². The summed E-state index contributed by atoms with van der Waals surface area (Å²) in [6.45, 7) is 2.14. The second-order valence-corrected chi connectivity index (χ2v) is 4.49. The molecule has 0 radical (unpaired) electrons. The first-order valence-corrected chi connectivity index (χ1v) is 6.19. The molecule has 0 aliphatic carbocycles. The van der Waals surface area contributed by atoms with E-state index in [2.05, 4.69) is 17.2 Å². The quantitative estimate of drug-likeness (QED) is 0.797. The number of thiazole rings is 1. The Hall–Kier alpha value is -1.55. The number of rotatable bonds is 4. The van der Waals surface area contributed by atoms with Crippen molar-refractivity contribution in [3.05, 3.63) is 40.8 Å². The van der Waals surface area contributed by atoms with Crippen molar-refractivity contribution in [2.24, 2.45) is 0 Å². The van der Waals surface area contributed by atoms with Crippen molar-refractivity contribution in [2.45, 2.75) is 19.4 Å². The first-order valence-electron chi connectivity index (χ1n) is 5.31. The maximum atomic E-state index is 5.90. The Labute approximate surface area is 99.3 Å². The highest BCUT2D eigenvalue weighted by molar-refractivity contribution is 7.09. The van der Waals surface area contributed by atoms with Crippen molar-refractivity contribution < 1.29 is 0 Å². The zero-order valence-electron chi connectivity index (χ0n) is 9.18. The van der Waals surface area contributed by atoms with E-state index >= 15 is 0 Å². The van der Waals surface area contributed by atoms with Gasteiger partial charge in [0.25, 0.3) is 0 Å². The predicted octanol–water partition coefficient (Wildman–Crippen LogP) is 3.29. The van der Waals surface area contributed by atoms with Crippen LogP contribution in [0.2, 0.25) is 0 Å². The Morgan fingerprint density at radius 2 is 2.25 bits per heavy atom. The maximum Gasteiger partial charge on any atom is 0.115 e. The molecule has 2 rings (SSSR count). The molecule has 1 heterocycles. The van der Waals surface area contributed by atoms with E-state index in [0.717, 1.165) is 22.8 Å². The summed E-state index contributed by atoms with van der Waals surface area (Å²) in [4.78, 5) is 4.33. The summed E-state index contributed by atoms with van der Waals surface area (Å²) in [5, 5.41) is 6.52. The van der Waals surface area contributed by atoms with Crippen LogP contribution < -0.4 is 11.1 Å². The summed E-state index contributed by atoms with van der Waals surface area (Å²) in [6.07, 6.45) is 2.82. The first-order chi connectivity index (χ1) is 7.81. The molecule has 1 aromatic heterocycles. The van der Waals surface area contributed by atoms with E-state index in [1.807, 2.05) is 35.8 Å². The van der Waals surface area contributed by atoms with Gasteiger partial charge in [-0.2, -0.15) is 0 Å². The summed E-state index contributed by atoms with van der Waals surface area (Å²) < 4.78 is 0. The third-order valence-corrected chi connectivity index (χ3v) is 3.34. The molecule has 0 aliphatic rings. The molecule has 0 saturated carbocycles. The van der Waals surface area contributed by atoms with Crippen LogP contribution in [0.5, 0.6) is 0 Å². The van der Waals surface area contributed by atoms with E-state index in [0.29, 0.717) is 0 Å². The Kier molecular flexibility index (Phi) is 3.41. The Bertz CT molecular complexity index is 439. The molecule has 0 spiro atoms. The van der Waals surface area contributed by atoms with Gasteiger partial charge in [0.15, 0.2) is 0 Å². The van der Waals surface area contributed by atoms with Crippen molar-refractivity contribution in [1.82, 2.24) is 4.98 Å². The number of aromatic nitrogens is 1. The number of hydrogen-bond donors (Lipinski definition) is 2. The topological polar surface area (TPSA) is 50.9 Å². The zero-order chi connectivity index (χ0) is 11.4. The molecular weight excluding hydrogens is 218 g/mol. The number of benzene rings is 1. The van der Waals surface area contributed by atoms with E-state index in [-0.39, 0.29) is 6.04 Å². The van der Waals surface area contributed by atoms with Gasteiger partial charge in [-0.25, -0.2) is 4.98 Å². The predicted molar refractivity (Wildman–Crippen MR) is 69.6 cm³/mol. The molecule has 0 amide bonds. The van der Waals surface area contributed by atoms with Gasteiger partial charge < -0.3 is 11.1 Å². The summed E-state index contributed by atoms with van der Waals surface area (Å²) in [6, 6.07) is 8.05. The maximum absolute atomic E-state index is 5.90. The summed E-state index contributed by atoms with van der Waals surface area (Å²) >= 11 is 1.67. The fourth-order valence-electron chi connectivity index (χ4n) is 1.56. The SMILES string of the molecule is CCC(Nc1ccccc1N)c1nccs1. The van der Waals surface area contributed by atoms with Gasteiger partial charge in [-0.15, -0.1) is 11.3 Å². The van der Waals surface area contributed by atoms with Gasteiger partial charge in [-0.1, -0.05) is 19.1 Å². The monoisotopic (exact) mass is 233 g/mol. The van der Waals surface area contributed by atoms with E-state index in [9.17, 15) is 0 Å². The third-order valence-electron chi connectivity index (χ3n) is 2.45. The molecule has 2 aromatic rings. The molecule has 4 heteroatoms. The van der Waals surface area contributed by atoms with Gasteiger partial charge in [0.1, 0.15) is 5.01 Å². The second-order valence-electron chi connectivity index (χ2n) is 3.56. The highest BCUT2D eigenvalue weighted by atomic mass is 32.1. The number of nitrogens with zero attached hydrogens (tertiary/aromatic N) is 1. The molecule has 0 saturated heterocycles. The van der Waals surface area contributed by atoms with Crippen molar-refractivity contribution in [3.8, 4) is 0 Å². The van der Waals surface area contributed by atoms with Crippen LogP contribution in [0.4, 0.5) is 11.4 Å². The number of nitrogens with two attached hydrogens (primary N) is 1. The van der Waals surface area contributed by atoms with Crippen LogP contribution in [-0.2, 0) is 0 Å². The normalized spacial score (nSPS) is 12.3. The number of para-hydroxylation sites is 2.